The first kappa shape index (κ1) is 31.3. The molecule has 9 heteroatoms. The van der Waals surface area contributed by atoms with E-state index in [4.69, 9.17) is 4.74 Å². The number of nitrogens with zero attached hydrogens (tertiary/aromatic N) is 2. The lowest BCUT2D eigenvalue weighted by molar-refractivity contribution is 0.0341. The van der Waals surface area contributed by atoms with Gasteiger partial charge >= 0.3 is 0 Å². The summed E-state index contributed by atoms with van der Waals surface area (Å²) in [5, 5.41) is 9.98. The third-order valence-corrected chi connectivity index (χ3v) is 9.37. The zero-order valence-electron chi connectivity index (χ0n) is 25.3. The number of rotatable bonds is 10. The summed E-state index contributed by atoms with van der Waals surface area (Å²) >= 11 is 0. The predicted octanol–water partition coefficient (Wildman–Crippen LogP) is 5.51. The average molecular weight is 614 g/mol. The highest BCUT2D eigenvalue weighted by Gasteiger charge is 2.33. The van der Waals surface area contributed by atoms with Crippen molar-refractivity contribution in [1.29, 1.82) is 0 Å². The zero-order chi connectivity index (χ0) is 31.3. The molecule has 3 atom stereocenters. The molecular formula is C35H39N3O5S. The Kier molecular flexibility index (Phi) is 9.68. The Morgan fingerprint density at radius 2 is 1.59 bits per heavy atom. The molecule has 1 heterocycles. The van der Waals surface area contributed by atoms with Crippen LogP contribution in [0.5, 0.6) is 5.75 Å². The monoisotopic (exact) mass is 613 g/mol. The summed E-state index contributed by atoms with van der Waals surface area (Å²) in [4.78, 5) is 17.7. The van der Waals surface area contributed by atoms with Gasteiger partial charge in [-0.1, -0.05) is 79.7 Å². The largest absolute Gasteiger partial charge is 0.488 e. The molecule has 0 saturated heterocycles. The van der Waals surface area contributed by atoms with E-state index in [-0.39, 0.29) is 40.7 Å². The maximum atomic E-state index is 13.8. The summed E-state index contributed by atoms with van der Waals surface area (Å²) < 4.78 is 35.0. The van der Waals surface area contributed by atoms with Gasteiger partial charge in [0.05, 0.1) is 23.1 Å². The van der Waals surface area contributed by atoms with Gasteiger partial charge in [-0.2, -0.15) is 0 Å². The fourth-order valence-corrected chi connectivity index (χ4v) is 6.50. The van der Waals surface area contributed by atoms with Gasteiger partial charge in [-0.3, -0.25) is 14.4 Å². The van der Waals surface area contributed by atoms with E-state index >= 15 is 0 Å². The molecule has 5 rings (SSSR count). The first-order chi connectivity index (χ1) is 21.1. The van der Waals surface area contributed by atoms with Crippen LogP contribution in [0.25, 0.3) is 11.1 Å². The van der Waals surface area contributed by atoms with E-state index < -0.39 is 16.1 Å². The fraction of sp³-hybridized carbons (Fsp3) is 0.286. The first-order valence-electron chi connectivity index (χ1n) is 14.8. The second-order valence-electron chi connectivity index (χ2n) is 11.5. The van der Waals surface area contributed by atoms with Gasteiger partial charge in [-0.05, 0) is 61.0 Å². The molecular weight excluding hydrogens is 574 g/mol. The number of hydrogen-bond donors (Lipinski definition) is 2. The van der Waals surface area contributed by atoms with Crippen molar-refractivity contribution in [3.63, 3.8) is 0 Å². The Morgan fingerprint density at radius 1 is 0.955 bits per heavy atom. The molecule has 0 spiro atoms. The normalized spacial score (nSPS) is 17.8. The Labute approximate surface area is 260 Å². The molecule has 0 unspecified atom stereocenters. The van der Waals surface area contributed by atoms with Crippen LogP contribution in [-0.2, 0) is 16.6 Å². The quantitative estimate of drug-likeness (QED) is 0.245. The molecule has 1 amide bonds. The van der Waals surface area contributed by atoms with Crippen LogP contribution < -0.4 is 9.46 Å². The molecule has 1 aliphatic rings. The Hall–Kier alpha value is -4.18. The maximum Gasteiger partial charge on any atom is 0.261 e. The number of amides is 1. The topological polar surface area (TPSA) is 99.2 Å². The van der Waals surface area contributed by atoms with Crippen molar-refractivity contribution in [1.82, 2.24) is 9.80 Å². The Bertz CT molecular complexity index is 1660. The molecule has 230 valence electrons. The second kappa shape index (κ2) is 13.6. The average Bonchev–Trinajstić information content (AvgIpc) is 3.03. The van der Waals surface area contributed by atoms with Crippen molar-refractivity contribution in [2.45, 2.75) is 37.4 Å². The van der Waals surface area contributed by atoms with Gasteiger partial charge in [0, 0.05) is 31.2 Å². The fourth-order valence-electron chi connectivity index (χ4n) is 5.43. The summed E-state index contributed by atoms with van der Waals surface area (Å²) in [7, 11) is -1.81. The van der Waals surface area contributed by atoms with Crippen LogP contribution in [-0.4, -0.2) is 68.1 Å². The van der Waals surface area contributed by atoms with Gasteiger partial charge in [-0.15, -0.1) is 0 Å². The van der Waals surface area contributed by atoms with Crippen molar-refractivity contribution < 1.29 is 23.1 Å². The SMILES string of the molecule is C[C@@H]1CN([C@H](C)CO)C(=O)c2cc(NS(=O)(=O)c3ccccc3)ccc2O[C@H]1CN(C)Cc1ccc(-c2ccccc2)cc1. The lowest BCUT2D eigenvalue weighted by Gasteiger charge is -2.38. The smallest absolute Gasteiger partial charge is 0.261 e. The first-order valence-corrected chi connectivity index (χ1v) is 16.3. The highest BCUT2D eigenvalue weighted by atomic mass is 32.2. The molecule has 44 heavy (non-hydrogen) atoms. The van der Waals surface area contributed by atoms with Crippen LogP contribution in [0.15, 0.2) is 108 Å². The second-order valence-corrected chi connectivity index (χ2v) is 13.2. The van der Waals surface area contributed by atoms with E-state index in [2.05, 4.69) is 46.0 Å². The molecule has 0 aromatic heterocycles. The molecule has 0 bridgehead atoms. The predicted molar refractivity (Wildman–Crippen MR) is 173 cm³/mol. The van der Waals surface area contributed by atoms with Crippen molar-refractivity contribution in [2.24, 2.45) is 5.92 Å². The molecule has 1 aliphatic heterocycles. The highest BCUT2D eigenvalue weighted by Crippen LogP contribution is 2.31. The zero-order valence-corrected chi connectivity index (χ0v) is 26.1. The summed E-state index contributed by atoms with van der Waals surface area (Å²) in [5.74, 6) is 0.0182. The van der Waals surface area contributed by atoms with Crippen LogP contribution in [0.2, 0.25) is 0 Å². The van der Waals surface area contributed by atoms with Gasteiger partial charge < -0.3 is 14.7 Å². The number of anilines is 1. The number of likely N-dealkylation sites (N-methyl/N-ethyl adjacent to an activating group) is 1. The summed E-state index contributed by atoms with van der Waals surface area (Å²) in [5.41, 5.74) is 4.01. The van der Waals surface area contributed by atoms with Gasteiger partial charge in [0.25, 0.3) is 15.9 Å². The Morgan fingerprint density at radius 3 is 2.25 bits per heavy atom. The van der Waals surface area contributed by atoms with Crippen LogP contribution >= 0.6 is 0 Å². The molecule has 0 fully saturated rings. The van der Waals surface area contributed by atoms with Crippen LogP contribution in [0, 0.1) is 5.92 Å². The lowest BCUT2D eigenvalue weighted by atomic mass is 9.99. The van der Waals surface area contributed by atoms with E-state index in [0.29, 0.717) is 25.4 Å². The third-order valence-electron chi connectivity index (χ3n) is 7.98. The molecule has 4 aromatic carbocycles. The number of fused-ring (bicyclic) bond motifs is 1. The Balaban J connectivity index is 1.36. The number of aliphatic hydroxyl groups excluding tert-OH is 1. The molecule has 0 aliphatic carbocycles. The van der Waals surface area contributed by atoms with Crippen molar-refractivity contribution in [3.05, 3.63) is 114 Å². The summed E-state index contributed by atoms with van der Waals surface area (Å²) in [6.07, 6.45) is -0.268. The van der Waals surface area contributed by atoms with E-state index in [9.17, 15) is 18.3 Å². The summed E-state index contributed by atoms with van der Waals surface area (Å²) in [6.45, 7) is 5.34. The van der Waals surface area contributed by atoms with Gasteiger partial charge in [0.15, 0.2) is 0 Å². The van der Waals surface area contributed by atoms with E-state index in [1.54, 1.807) is 42.2 Å². The standard InChI is InChI=1S/C35H39N3O5S/c1-25-21-38(26(2)24-39)35(40)32-20-30(36-44(41,42)31-12-8-5-9-13-31)18-19-33(32)43-34(25)23-37(3)22-27-14-16-29(17-15-27)28-10-6-4-7-11-28/h4-20,25-26,34,36,39H,21-24H2,1-3H3/t25-,26-,34+/m1/s1. The molecule has 4 aromatic rings. The maximum absolute atomic E-state index is 13.8. The number of nitrogens with one attached hydrogen (secondary N) is 1. The van der Waals surface area contributed by atoms with Crippen molar-refractivity contribution >= 4 is 21.6 Å². The molecule has 0 saturated carbocycles. The number of aliphatic hydroxyl groups is 1. The number of sulfonamides is 1. The van der Waals surface area contributed by atoms with E-state index in [0.717, 1.165) is 0 Å². The van der Waals surface area contributed by atoms with Gasteiger partial charge in [0.2, 0.25) is 0 Å². The van der Waals surface area contributed by atoms with Crippen LogP contribution in [0.4, 0.5) is 5.69 Å². The van der Waals surface area contributed by atoms with Gasteiger partial charge in [-0.25, -0.2) is 8.42 Å². The minimum atomic E-state index is -3.85. The number of benzene rings is 4. The number of carbonyl (C=O) groups excluding carboxylic acids is 1. The minimum absolute atomic E-state index is 0.0414. The van der Waals surface area contributed by atoms with E-state index in [1.807, 2.05) is 32.2 Å². The summed E-state index contributed by atoms with van der Waals surface area (Å²) in [6, 6.07) is 31.2. The number of carbonyl (C=O) groups is 1. The molecule has 2 N–H and O–H groups in total. The van der Waals surface area contributed by atoms with Crippen molar-refractivity contribution in [2.75, 3.05) is 31.5 Å². The highest BCUT2D eigenvalue weighted by molar-refractivity contribution is 7.92. The van der Waals surface area contributed by atoms with E-state index in [1.165, 1.54) is 34.9 Å². The number of ether oxygens (including phenoxy) is 1. The van der Waals surface area contributed by atoms with Gasteiger partial charge in [0.1, 0.15) is 11.9 Å². The number of hydrogen-bond acceptors (Lipinski definition) is 6. The third kappa shape index (κ3) is 7.30. The lowest BCUT2D eigenvalue weighted by Crippen LogP contribution is -2.49. The van der Waals surface area contributed by atoms with Crippen LogP contribution in [0.3, 0.4) is 0 Å². The molecule has 0 radical (unpaired) electrons. The minimum Gasteiger partial charge on any atom is -0.488 e. The van der Waals surface area contributed by atoms with Crippen LogP contribution in [0.1, 0.15) is 29.8 Å². The molecule has 8 nitrogen and oxygen atoms in total. The van der Waals surface area contributed by atoms with Crippen molar-refractivity contribution in [3.8, 4) is 16.9 Å².